The third-order valence-corrected chi connectivity index (χ3v) is 3.58. The molecular formula is C14H10FN3O2S. The van der Waals surface area contributed by atoms with Gasteiger partial charge in [-0.05, 0) is 23.6 Å². The van der Waals surface area contributed by atoms with Gasteiger partial charge in [-0.15, -0.1) is 21.5 Å². The minimum atomic E-state index is -0.435. The number of thiophene rings is 1. The summed E-state index contributed by atoms with van der Waals surface area (Å²) in [5.41, 5.74) is 0.237. The van der Waals surface area contributed by atoms with Crippen molar-refractivity contribution in [1.29, 1.82) is 0 Å². The maximum Gasteiger partial charge on any atom is 0.261 e. The minimum Gasteiger partial charge on any atom is -0.419 e. The Labute approximate surface area is 123 Å². The summed E-state index contributed by atoms with van der Waals surface area (Å²) in [5.74, 6) is -0.336. The van der Waals surface area contributed by atoms with Gasteiger partial charge in [0.05, 0.1) is 17.0 Å². The van der Waals surface area contributed by atoms with E-state index >= 15 is 0 Å². The van der Waals surface area contributed by atoms with E-state index in [2.05, 4.69) is 15.5 Å². The topological polar surface area (TPSA) is 68.0 Å². The first-order valence-corrected chi connectivity index (χ1v) is 7.01. The molecule has 0 aliphatic rings. The van der Waals surface area contributed by atoms with Crippen molar-refractivity contribution in [3.63, 3.8) is 0 Å². The molecule has 1 N–H and O–H groups in total. The number of benzene rings is 1. The lowest BCUT2D eigenvalue weighted by atomic mass is 10.2. The quantitative estimate of drug-likeness (QED) is 0.804. The van der Waals surface area contributed by atoms with Gasteiger partial charge in [0.25, 0.3) is 11.8 Å². The van der Waals surface area contributed by atoms with Crippen molar-refractivity contribution in [2.75, 3.05) is 0 Å². The van der Waals surface area contributed by atoms with Gasteiger partial charge in [-0.25, -0.2) is 4.39 Å². The Morgan fingerprint density at radius 3 is 2.86 bits per heavy atom. The molecule has 3 aromatic rings. The molecule has 0 atom stereocenters. The molecular weight excluding hydrogens is 293 g/mol. The number of halogens is 1. The molecule has 0 aliphatic heterocycles. The Morgan fingerprint density at radius 1 is 1.24 bits per heavy atom. The lowest BCUT2D eigenvalue weighted by Crippen LogP contribution is -2.21. The van der Waals surface area contributed by atoms with Crippen LogP contribution in [0.3, 0.4) is 0 Å². The number of carbonyl (C=O) groups is 1. The largest absolute Gasteiger partial charge is 0.419 e. The van der Waals surface area contributed by atoms with Crippen molar-refractivity contribution in [2.45, 2.75) is 6.54 Å². The van der Waals surface area contributed by atoms with E-state index in [-0.39, 0.29) is 29.8 Å². The van der Waals surface area contributed by atoms with Crippen molar-refractivity contribution in [1.82, 2.24) is 15.5 Å². The number of hydrogen-bond donors (Lipinski definition) is 1. The van der Waals surface area contributed by atoms with Gasteiger partial charge in [0.15, 0.2) is 0 Å². The molecule has 7 heteroatoms. The maximum absolute atomic E-state index is 13.6. The Hall–Kier alpha value is -2.54. The Balaban J connectivity index is 1.69. The second-order valence-electron chi connectivity index (χ2n) is 4.14. The van der Waals surface area contributed by atoms with Gasteiger partial charge in [-0.3, -0.25) is 4.79 Å². The summed E-state index contributed by atoms with van der Waals surface area (Å²) in [6.07, 6.45) is 0. The summed E-state index contributed by atoms with van der Waals surface area (Å²) in [6, 6.07) is 9.65. The van der Waals surface area contributed by atoms with Crippen molar-refractivity contribution in [3.05, 3.63) is 58.4 Å². The molecule has 0 saturated heterocycles. The highest BCUT2D eigenvalue weighted by molar-refractivity contribution is 7.12. The molecule has 0 unspecified atom stereocenters. The standard InChI is InChI=1S/C14H10FN3O2S/c15-10-5-2-1-4-9(10)14-18-17-12(20-14)8-16-13(19)11-6-3-7-21-11/h1-7H,8H2,(H,16,19). The monoisotopic (exact) mass is 303 g/mol. The number of rotatable bonds is 4. The first-order chi connectivity index (χ1) is 10.2. The molecule has 3 rings (SSSR count). The molecule has 0 bridgehead atoms. The van der Waals surface area contributed by atoms with Crippen LogP contribution >= 0.6 is 11.3 Å². The van der Waals surface area contributed by atoms with Crippen molar-refractivity contribution in [2.24, 2.45) is 0 Å². The van der Waals surface area contributed by atoms with Gasteiger partial charge in [0.1, 0.15) is 5.82 Å². The number of hydrogen-bond acceptors (Lipinski definition) is 5. The Kier molecular flexibility index (Phi) is 3.74. The molecule has 106 valence electrons. The molecule has 0 spiro atoms. The molecule has 0 saturated carbocycles. The number of carbonyl (C=O) groups excluding carboxylic acids is 1. The number of nitrogens with one attached hydrogen (secondary N) is 1. The second kappa shape index (κ2) is 5.84. The predicted molar refractivity (Wildman–Crippen MR) is 75.2 cm³/mol. The van der Waals surface area contributed by atoms with Crippen LogP contribution < -0.4 is 5.32 Å². The van der Waals surface area contributed by atoms with Crippen LogP contribution in [0.15, 0.2) is 46.2 Å². The Bertz CT molecular complexity index is 755. The highest BCUT2D eigenvalue weighted by Crippen LogP contribution is 2.20. The summed E-state index contributed by atoms with van der Waals surface area (Å²) in [6.45, 7) is 0.0954. The maximum atomic E-state index is 13.6. The molecule has 0 fully saturated rings. The number of amides is 1. The average Bonchev–Trinajstić information content (AvgIpc) is 3.17. The van der Waals surface area contributed by atoms with E-state index in [4.69, 9.17) is 4.42 Å². The molecule has 1 aromatic carbocycles. The summed E-state index contributed by atoms with van der Waals surface area (Å²) >= 11 is 1.34. The SMILES string of the molecule is O=C(NCc1nnc(-c2ccccc2F)o1)c1cccs1. The van der Waals surface area contributed by atoms with Gasteiger partial charge >= 0.3 is 0 Å². The van der Waals surface area contributed by atoms with Gasteiger partial charge < -0.3 is 9.73 Å². The minimum absolute atomic E-state index is 0.0912. The van der Waals surface area contributed by atoms with E-state index in [9.17, 15) is 9.18 Å². The van der Waals surface area contributed by atoms with Gasteiger partial charge in [-0.1, -0.05) is 18.2 Å². The molecule has 21 heavy (non-hydrogen) atoms. The van der Waals surface area contributed by atoms with Crippen LogP contribution in [-0.4, -0.2) is 16.1 Å². The van der Waals surface area contributed by atoms with E-state index in [1.807, 2.05) is 5.38 Å². The van der Waals surface area contributed by atoms with E-state index in [1.165, 1.54) is 17.4 Å². The van der Waals surface area contributed by atoms with Crippen LogP contribution in [0.25, 0.3) is 11.5 Å². The first kappa shape index (κ1) is 13.4. The third-order valence-electron chi connectivity index (χ3n) is 2.72. The highest BCUT2D eigenvalue weighted by Gasteiger charge is 2.13. The molecule has 1 amide bonds. The molecule has 2 aromatic heterocycles. The summed E-state index contributed by atoms with van der Waals surface area (Å²) in [4.78, 5) is 12.4. The van der Waals surface area contributed by atoms with E-state index in [0.717, 1.165) is 0 Å². The van der Waals surface area contributed by atoms with Gasteiger partial charge in [0.2, 0.25) is 5.89 Å². The van der Waals surface area contributed by atoms with E-state index in [0.29, 0.717) is 4.88 Å². The van der Waals surface area contributed by atoms with Gasteiger partial charge in [-0.2, -0.15) is 0 Å². The molecule has 0 radical (unpaired) electrons. The zero-order chi connectivity index (χ0) is 14.7. The molecule has 0 aliphatic carbocycles. The van der Waals surface area contributed by atoms with Gasteiger partial charge in [0, 0.05) is 0 Å². The van der Waals surface area contributed by atoms with Crippen LogP contribution in [0.2, 0.25) is 0 Å². The fourth-order valence-electron chi connectivity index (χ4n) is 1.72. The first-order valence-electron chi connectivity index (χ1n) is 6.13. The second-order valence-corrected chi connectivity index (χ2v) is 5.09. The lowest BCUT2D eigenvalue weighted by molar-refractivity contribution is 0.0951. The summed E-state index contributed by atoms with van der Waals surface area (Å²) in [5, 5.41) is 12.1. The van der Waals surface area contributed by atoms with Crippen molar-refractivity contribution >= 4 is 17.2 Å². The highest BCUT2D eigenvalue weighted by atomic mass is 32.1. The predicted octanol–water partition coefficient (Wildman–Crippen LogP) is 2.87. The van der Waals surface area contributed by atoms with Crippen LogP contribution in [-0.2, 0) is 6.54 Å². The summed E-state index contributed by atoms with van der Waals surface area (Å²) < 4.78 is 18.9. The number of nitrogens with zero attached hydrogens (tertiary/aromatic N) is 2. The smallest absolute Gasteiger partial charge is 0.261 e. The zero-order valence-corrected chi connectivity index (χ0v) is 11.6. The van der Waals surface area contributed by atoms with Crippen LogP contribution in [0.1, 0.15) is 15.6 Å². The number of aromatic nitrogens is 2. The van der Waals surface area contributed by atoms with E-state index in [1.54, 1.807) is 30.3 Å². The van der Waals surface area contributed by atoms with E-state index < -0.39 is 5.82 Å². The fraction of sp³-hybridized carbons (Fsp3) is 0.0714. The zero-order valence-electron chi connectivity index (χ0n) is 10.7. The van der Waals surface area contributed by atoms with Crippen molar-refractivity contribution < 1.29 is 13.6 Å². The summed E-state index contributed by atoms with van der Waals surface area (Å²) in [7, 11) is 0. The average molecular weight is 303 g/mol. The normalized spacial score (nSPS) is 10.5. The van der Waals surface area contributed by atoms with Crippen LogP contribution in [0.4, 0.5) is 4.39 Å². The van der Waals surface area contributed by atoms with Crippen LogP contribution in [0, 0.1) is 5.82 Å². The molecule has 2 heterocycles. The van der Waals surface area contributed by atoms with Crippen LogP contribution in [0.5, 0.6) is 0 Å². The Morgan fingerprint density at radius 2 is 2.10 bits per heavy atom. The lowest BCUT2D eigenvalue weighted by Gasteiger charge is -1.99. The fourth-order valence-corrected chi connectivity index (χ4v) is 2.36. The van der Waals surface area contributed by atoms with Crippen molar-refractivity contribution in [3.8, 4) is 11.5 Å². The third kappa shape index (κ3) is 2.97. The molecule has 5 nitrogen and oxygen atoms in total.